The first-order valence-corrected chi connectivity index (χ1v) is 5.05. The fourth-order valence-electron chi connectivity index (χ4n) is 0.931. The standard InChI is InChI=1S/C11H22N2O/c1-10(2,3)14-13-9-11(4,5)7-6-8-12/h13H,6-7,9H2,1-5H3. The van der Waals surface area contributed by atoms with Crippen LogP contribution in [0, 0.1) is 16.7 Å². The molecule has 0 aromatic heterocycles. The monoisotopic (exact) mass is 198 g/mol. The lowest BCUT2D eigenvalue weighted by molar-refractivity contribution is -0.0827. The number of hydrogen-bond acceptors (Lipinski definition) is 3. The molecule has 3 heteroatoms. The van der Waals surface area contributed by atoms with Gasteiger partial charge in [0, 0.05) is 13.0 Å². The molecule has 0 radical (unpaired) electrons. The van der Waals surface area contributed by atoms with Crippen LogP contribution < -0.4 is 5.48 Å². The van der Waals surface area contributed by atoms with E-state index in [1.807, 2.05) is 20.8 Å². The van der Waals surface area contributed by atoms with E-state index in [1.165, 1.54) is 0 Å². The molecule has 0 atom stereocenters. The Labute approximate surface area is 87.4 Å². The summed E-state index contributed by atoms with van der Waals surface area (Å²) in [7, 11) is 0. The van der Waals surface area contributed by atoms with Crippen LogP contribution >= 0.6 is 0 Å². The Kier molecular flexibility index (Phi) is 5.11. The highest BCUT2D eigenvalue weighted by Gasteiger charge is 2.18. The van der Waals surface area contributed by atoms with E-state index in [4.69, 9.17) is 10.1 Å². The third-order valence-corrected chi connectivity index (χ3v) is 1.84. The zero-order valence-corrected chi connectivity index (χ0v) is 9.98. The SMILES string of the molecule is CC(C)(CCC#N)CNOC(C)(C)C. The number of nitriles is 1. The van der Waals surface area contributed by atoms with Crippen molar-refractivity contribution in [2.75, 3.05) is 6.54 Å². The summed E-state index contributed by atoms with van der Waals surface area (Å²) in [5, 5.41) is 8.48. The minimum atomic E-state index is -0.161. The molecule has 1 N–H and O–H groups in total. The third kappa shape index (κ3) is 8.03. The molecule has 0 aliphatic heterocycles. The summed E-state index contributed by atoms with van der Waals surface area (Å²) in [4.78, 5) is 5.41. The van der Waals surface area contributed by atoms with Crippen LogP contribution in [0.25, 0.3) is 0 Å². The highest BCUT2D eigenvalue weighted by atomic mass is 16.7. The first-order chi connectivity index (χ1) is 6.27. The highest BCUT2D eigenvalue weighted by Crippen LogP contribution is 2.21. The summed E-state index contributed by atoms with van der Waals surface area (Å²) in [6.07, 6.45) is 1.49. The predicted molar refractivity (Wildman–Crippen MR) is 57.5 cm³/mol. The first kappa shape index (κ1) is 13.4. The molecule has 0 saturated heterocycles. The van der Waals surface area contributed by atoms with Crippen LogP contribution in [0.15, 0.2) is 0 Å². The van der Waals surface area contributed by atoms with Crippen molar-refractivity contribution in [1.29, 1.82) is 5.26 Å². The summed E-state index contributed by atoms with van der Waals surface area (Å²) >= 11 is 0. The molecule has 0 aliphatic rings. The first-order valence-electron chi connectivity index (χ1n) is 5.05. The smallest absolute Gasteiger partial charge is 0.0812 e. The van der Waals surface area contributed by atoms with Crippen molar-refractivity contribution in [3.05, 3.63) is 0 Å². The molecule has 14 heavy (non-hydrogen) atoms. The topological polar surface area (TPSA) is 45.0 Å². The molecule has 0 unspecified atom stereocenters. The molecule has 0 saturated carbocycles. The predicted octanol–water partition coefficient (Wildman–Crippen LogP) is 2.64. The van der Waals surface area contributed by atoms with E-state index in [1.54, 1.807) is 0 Å². The average Bonchev–Trinajstić information content (AvgIpc) is 1.98. The van der Waals surface area contributed by atoms with Gasteiger partial charge in [-0.2, -0.15) is 5.26 Å². The van der Waals surface area contributed by atoms with Gasteiger partial charge in [-0.15, -0.1) is 0 Å². The van der Waals surface area contributed by atoms with Crippen LogP contribution in [0.1, 0.15) is 47.5 Å². The third-order valence-electron chi connectivity index (χ3n) is 1.84. The Morgan fingerprint density at radius 1 is 1.21 bits per heavy atom. The lowest BCUT2D eigenvalue weighted by Crippen LogP contribution is -2.35. The summed E-state index contributed by atoms with van der Waals surface area (Å²) in [5.74, 6) is 0. The van der Waals surface area contributed by atoms with E-state index < -0.39 is 0 Å². The molecular formula is C11H22N2O. The van der Waals surface area contributed by atoms with Crippen LogP contribution in [0.4, 0.5) is 0 Å². The molecule has 0 aliphatic carbocycles. The number of nitrogens with one attached hydrogen (secondary N) is 1. The van der Waals surface area contributed by atoms with Gasteiger partial charge in [-0.05, 0) is 32.6 Å². The summed E-state index contributed by atoms with van der Waals surface area (Å²) < 4.78 is 0. The van der Waals surface area contributed by atoms with Crippen molar-refractivity contribution in [3.63, 3.8) is 0 Å². The van der Waals surface area contributed by atoms with Crippen molar-refractivity contribution in [2.24, 2.45) is 5.41 Å². The van der Waals surface area contributed by atoms with Crippen molar-refractivity contribution in [1.82, 2.24) is 5.48 Å². The second-order valence-electron chi connectivity index (χ2n) is 5.36. The van der Waals surface area contributed by atoms with Crippen LogP contribution in [0.3, 0.4) is 0 Å². The van der Waals surface area contributed by atoms with Crippen LogP contribution in [0.5, 0.6) is 0 Å². The number of nitrogens with zero attached hydrogens (tertiary/aromatic N) is 1. The van der Waals surface area contributed by atoms with Crippen LogP contribution in [-0.2, 0) is 4.84 Å². The van der Waals surface area contributed by atoms with Crippen molar-refractivity contribution < 1.29 is 4.84 Å². The van der Waals surface area contributed by atoms with Gasteiger partial charge >= 0.3 is 0 Å². The van der Waals surface area contributed by atoms with Gasteiger partial charge in [0.05, 0.1) is 11.7 Å². The Morgan fingerprint density at radius 2 is 1.79 bits per heavy atom. The molecule has 0 amide bonds. The maximum Gasteiger partial charge on any atom is 0.0812 e. The molecule has 0 heterocycles. The van der Waals surface area contributed by atoms with Crippen molar-refractivity contribution >= 4 is 0 Å². The van der Waals surface area contributed by atoms with Crippen molar-refractivity contribution in [3.8, 4) is 6.07 Å². The minimum absolute atomic E-state index is 0.112. The second-order valence-corrected chi connectivity index (χ2v) is 5.36. The van der Waals surface area contributed by atoms with Gasteiger partial charge in [-0.3, -0.25) is 4.84 Å². The van der Waals surface area contributed by atoms with E-state index >= 15 is 0 Å². The highest BCUT2D eigenvalue weighted by molar-refractivity contribution is 4.78. The van der Waals surface area contributed by atoms with Gasteiger partial charge in [-0.1, -0.05) is 13.8 Å². The fraction of sp³-hybridized carbons (Fsp3) is 0.909. The molecule has 0 aromatic rings. The normalized spacial score (nSPS) is 12.6. The van der Waals surface area contributed by atoms with Crippen LogP contribution in [-0.4, -0.2) is 12.1 Å². The van der Waals surface area contributed by atoms with Gasteiger partial charge < -0.3 is 0 Å². The zero-order valence-electron chi connectivity index (χ0n) is 9.98. The Morgan fingerprint density at radius 3 is 2.21 bits per heavy atom. The summed E-state index contributed by atoms with van der Waals surface area (Å²) in [6.45, 7) is 11.0. The lowest BCUT2D eigenvalue weighted by atomic mass is 9.88. The molecule has 0 spiro atoms. The van der Waals surface area contributed by atoms with Gasteiger partial charge in [0.1, 0.15) is 0 Å². The summed E-state index contributed by atoms with van der Waals surface area (Å²) in [6, 6.07) is 2.16. The molecule has 0 aromatic carbocycles. The van der Waals surface area contributed by atoms with E-state index in [2.05, 4.69) is 25.4 Å². The number of hydroxylamine groups is 1. The van der Waals surface area contributed by atoms with Gasteiger partial charge in [-0.25, -0.2) is 5.48 Å². The Hall–Kier alpha value is -0.590. The van der Waals surface area contributed by atoms with Gasteiger partial charge in [0.15, 0.2) is 0 Å². The van der Waals surface area contributed by atoms with Gasteiger partial charge in [0.2, 0.25) is 0 Å². The second kappa shape index (κ2) is 5.33. The minimum Gasteiger partial charge on any atom is -0.296 e. The van der Waals surface area contributed by atoms with E-state index in [0.717, 1.165) is 13.0 Å². The lowest BCUT2D eigenvalue weighted by Gasteiger charge is -2.27. The maximum atomic E-state index is 8.48. The Balaban J connectivity index is 3.72. The van der Waals surface area contributed by atoms with E-state index in [-0.39, 0.29) is 11.0 Å². The van der Waals surface area contributed by atoms with Crippen LogP contribution in [0.2, 0.25) is 0 Å². The quantitative estimate of drug-likeness (QED) is 0.691. The van der Waals surface area contributed by atoms with E-state index in [9.17, 15) is 0 Å². The number of rotatable bonds is 5. The fourth-order valence-corrected chi connectivity index (χ4v) is 0.931. The largest absolute Gasteiger partial charge is 0.296 e. The molecule has 0 rings (SSSR count). The molecular weight excluding hydrogens is 176 g/mol. The summed E-state index contributed by atoms with van der Waals surface area (Å²) in [5.41, 5.74) is 2.92. The molecule has 0 fully saturated rings. The molecule has 82 valence electrons. The van der Waals surface area contributed by atoms with Gasteiger partial charge in [0.25, 0.3) is 0 Å². The zero-order chi connectivity index (χ0) is 11.2. The van der Waals surface area contributed by atoms with Crippen molar-refractivity contribution in [2.45, 2.75) is 53.1 Å². The van der Waals surface area contributed by atoms with E-state index in [0.29, 0.717) is 6.42 Å². The number of hydrogen-bond donors (Lipinski definition) is 1. The molecule has 3 nitrogen and oxygen atoms in total. The molecule has 0 bridgehead atoms. The average molecular weight is 198 g/mol. The maximum absolute atomic E-state index is 8.48. The Bertz CT molecular complexity index is 198.